The molecular formula is C28H39N3O6. The van der Waals surface area contributed by atoms with Crippen molar-refractivity contribution < 1.29 is 28.8 Å². The number of likely N-dealkylation sites (tertiary alicyclic amines) is 1. The van der Waals surface area contributed by atoms with E-state index in [0.29, 0.717) is 36.8 Å². The van der Waals surface area contributed by atoms with Crippen LogP contribution in [0.15, 0.2) is 24.3 Å². The maximum absolute atomic E-state index is 13.8. The normalized spacial score (nSPS) is 23.0. The topological polar surface area (TPSA) is 102 Å². The number of methoxy groups -OCH3 is 3. The van der Waals surface area contributed by atoms with Crippen molar-refractivity contribution in [2.45, 2.75) is 58.3 Å². The summed E-state index contributed by atoms with van der Waals surface area (Å²) in [7, 11) is 4.74. The Kier molecular flexibility index (Phi) is 8.16. The van der Waals surface area contributed by atoms with Crippen LogP contribution in [0.2, 0.25) is 0 Å². The molecule has 9 nitrogen and oxygen atoms in total. The van der Waals surface area contributed by atoms with Crippen molar-refractivity contribution >= 4 is 5.91 Å². The number of phenolic OH excluding ortho intramolecular Hbond substituents is 1. The Morgan fingerprint density at radius 1 is 0.973 bits per heavy atom. The molecule has 2 aliphatic heterocycles. The summed E-state index contributed by atoms with van der Waals surface area (Å²) in [5, 5.41) is 11.0. The fourth-order valence-corrected chi connectivity index (χ4v) is 5.78. The molecule has 0 aliphatic carbocycles. The molecule has 2 aromatic rings. The Labute approximate surface area is 219 Å². The molecule has 2 aromatic carbocycles. The second-order valence-electron chi connectivity index (χ2n) is 10.0. The minimum atomic E-state index is -0.458. The average Bonchev–Trinajstić information content (AvgIpc) is 3.39. The minimum absolute atomic E-state index is 0.00699. The van der Waals surface area contributed by atoms with Crippen LogP contribution in [0.3, 0.4) is 0 Å². The second kappa shape index (κ2) is 11.2. The predicted octanol–water partition coefficient (Wildman–Crippen LogP) is 3.57. The van der Waals surface area contributed by atoms with Crippen LogP contribution in [0.5, 0.6) is 23.0 Å². The third-order valence-corrected chi connectivity index (χ3v) is 7.26. The first-order chi connectivity index (χ1) is 17.7. The van der Waals surface area contributed by atoms with Crippen LogP contribution in [0, 0.1) is 19.8 Å². The van der Waals surface area contributed by atoms with Crippen LogP contribution in [-0.2, 0) is 9.53 Å². The quantitative estimate of drug-likeness (QED) is 0.415. The zero-order valence-corrected chi connectivity index (χ0v) is 22.8. The number of benzene rings is 2. The van der Waals surface area contributed by atoms with Gasteiger partial charge in [-0.25, -0.2) is 10.9 Å². The van der Waals surface area contributed by atoms with E-state index in [2.05, 4.69) is 16.9 Å². The highest BCUT2D eigenvalue weighted by molar-refractivity contribution is 5.86. The molecule has 2 heterocycles. The summed E-state index contributed by atoms with van der Waals surface area (Å²) in [4.78, 5) is 15.7. The van der Waals surface area contributed by atoms with Crippen LogP contribution < -0.4 is 25.1 Å². The van der Waals surface area contributed by atoms with Gasteiger partial charge in [0.2, 0.25) is 11.7 Å². The number of hydrogen-bond donors (Lipinski definition) is 3. The summed E-state index contributed by atoms with van der Waals surface area (Å²) in [6.07, 6.45) is 0.833. The molecule has 37 heavy (non-hydrogen) atoms. The SMILES string of the molecule is COc1cc(C2C3C(NNC3c3c(C)cc(C)cc3O)C(=O)N2CCCOC(C)C)cc(OC)c1OC. The van der Waals surface area contributed by atoms with Gasteiger partial charge in [-0.2, -0.15) is 0 Å². The number of aromatic hydroxyl groups is 1. The smallest absolute Gasteiger partial charge is 0.242 e. The number of phenols is 1. The van der Waals surface area contributed by atoms with Crippen LogP contribution >= 0.6 is 0 Å². The van der Waals surface area contributed by atoms with Crippen LogP contribution in [0.25, 0.3) is 0 Å². The predicted molar refractivity (Wildman–Crippen MR) is 140 cm³/mol. The number of fused-ring (bicyclic) bond motifs is 1. The largest absolute Gasteiger partial charge is 0.508 e. The third kappa shape index (κ3) is 5.08. The first kappa shape index (κ1) is 27.0. The summed E-state index contributed by atoms with van der Waals surface area (Å²) >= 11 is 0. The van der Waals surface area contributed by atoms with Gasteiger partial charge in [-0.15, -0.1) is 0 Å². The number of aryl methyl sites for hydroxylation is 2. The number of hydrogen-bond acceptors (Lipinski definition) is 8. The van der Waals surface area contributed by atoms with Gasteiger partial charge in [-0.1, -0.05) is 6.07 Å². The highest BCUT2D eigenvalue weighted by atomic mass is 16.5. The fourth-order valence-electron chi connectivity index (χ4n) is 5.78. The summed E-state index contributed by atoms with van der Waals surface area (Å²) in [6, 6.07) is 6.58. The van der Waals surface area contributed by atoms with E-state index in [1.165, 1.54) is 0 Å². The molecule has 0 radical (unpaired) electrons. The maximum atomic E-state index is 13.8. The van der Waals surface area contributed by atoms with Crippen molar-refractivity contribution in [2.24, 2.45) is 5.92 Å². The highest BCUT2D eigenvalue weighted by Gasteiger charge is 2.56. The lowest BCUT2D eigenvalue weighted by Crippen LogP contribution is -2.42. The Morgan fingerprint density at radius 2 is 1.62 bits per heavy atom. The Balaban J connectivity index is 1.80. The average molecular weight is 514 g/mol. The number of hydrazine groups is 1. The molecule has 3 N–H and O–H groups in total. The Hall–Kier alpha value is -3.01. The van der Waals surface area contributed by atoms with Gasteiger partial charge in [-0.05, 0) is 69.0 Å². The summed E-state index contributed by atoms with van der Waals surface area (Å²) in [6.45, 7) is 9.04. The molecular weight excluding hydrogens is 474 g/mol. The van der Waals surface area contributed by atoms with Crippen molar-refractivity contribution in [3.05, 3.63) is 46.5 Å². The molecule has 0 bridgehead atoms. The third-order valence-electron chi connectivity index (χ3n) is 7.26. The van der Waals surface area contributed by atoms with Gasteiger partial charge in [0.25, 0.3) is 0 Å². The molecule has 2 fully saturated rings. The lowest BCUT2D eigenvalue weighted by Gasteiger charge is -2.32. The van der Waals surface area contributed by atoms with Crippen molar-refractivity contribution in [3.8, 4) is 23.0 Å². The van der Waals surface area contributed by atoms with Crippen molar-refractivity contribution in [1.29, 1.82) is 0 Å². The minimum Gasteiger partial charge on any atom is -0.508 e. The van der Waals surface area contributed by atoms with Gasteiger partial charge in [0.05, 0.1) is 39.5 Å². The van der Waals surface area contributed by atoms with Crippen molar-refractivity contribution in [1.82, 2.24) is 15.8 Å². The van der Waals surface area contributed by atoms with Gasteiger partial charge in [0.1, 0.15) is 11.8 Å². The molecule has 4 atom stereocenters. The lowest BCUT2D eigenvalue weighted by atomic mass is 9.81. The van der Waals surface area contributed by atoms with E-state index in [0.717, 1.165) is 22.3 Å². The molecule has 0 spiro atoms. The second-order valence-corrected chi connectivity index (χ2v) is 10.0. The summed E-state index contributed by atoms with van der Waals surface area (Å²) in [5.74, 6) is 1.58. The molecule has 202 valence electrons. The molecule has 2 aliphatic rings. The monoisotopic (exact) mass is 513 g/mol. The van der Waals surface area contributed by atoms with Crippen LogP contribution in [0.4, 0.5) is 0 Å². The number of amides is 1. The molecule has 1 amide bonds. The van der Waals surface area contributed by atoms with Gasteiger partial charge in [0, 0.05) is 24.6 Å². The van der Waals surface area contributed by atoms with Crippen molar-refractivity contribution in [3.63, 3.8) is 0 Å². The summed E-state index contributed by atoms with van der Waals surface area (Å²) < 4.78 is 22.6. The standard InChI is InChI=1S/C28H39N3O6/c1-15(2)37-10-8-9-31-26(18-13-20(34-5)27(36-7)21(14-18)35-6)23-24(29-30-25(23)28(31)33)22-17(4)11-16(3)12-19(22)32/h11-15,23-26,29-30,32H,8-10H2,1-7H3. The molecule has 0 saturated carbocycles. The van der Waals surface area contributed by atoms with E-state index < -0.39 is 6.04 Å². The Bertz CT molecular complexity index is 1090. The van der Waals surface area contributed by atoms with Gasteiger partial charge in [0.15, 0.2) is 11.5 Å². The first-order valence-electron chi connectivity index (χ1n) is 12.7. The summed E-state index contributed by atoms with van der Waals surface area (Å²) in [5.41, 5.74) is 10.2. The van der Waals surface area contributed by atoms with Crippen LogP contribution in [-0.4, -0.2) is 62.5 Å². The number of nitrogens with zero attached hydrogens (tertiary/aromatic N) is 1. The number of carbonyl (C=O) groups is 1. The zero-order valence-electron chi connectivity index (χ0n) is 22.8. The first-order valence-corrected chi connectivity index (χ1v) is 12.7. The zero-order chi connectivity index (χ0) is 26.9. The number of nitrogens with one attached hydrogen (secondary N) is 2. The van der Waals surface area contributed by atoms with E-state index in [4.69, 9.17) is 18.9 Å². The van der Waals surface area contributed by atoms with Crippen LogP contribution in [0.1, 0.15) is 54.6 Å². The Morgan fingerprint density at radius 3 is 2.19 bits per heavy atom. The van der Waals surface area contributed by atoms with Gasteiger partial charge >= 0.3 is 0 Å². The molecule has 0 aromatic heterocycles. The number of carbonyl (C=O) groups excluding carboxylic acids is 1. The lowest BCUT2D eigenvalue weighted by molar-refractivity contribution is -0.131. The fraction of sp³-hybridized carbons (Fsp3) is 0.536. The van der Waals surface area contributed by atoms with Crippen molar-refractivity contribution in [2.75, 3.05) is 34.5 Å². The molecule has 4 unspecified atom stereocenters. The highest BCUT2D eigenvalue weighted by Crippen LogP contribution is 2.51. The van der Waals surface area contributed by atoms with E-state index in [-0.39, 0.29) is 35.8 Å². The van der Waals surface area contributed by atoms with E-state index in [1.54, 1.807) is 27.4 Å². The van der Waals surface area contributed by atoms with E-state index >= 15 is 0 Å². The molecule has 4 rings (SSSR count). The van der Waals surface area contributed by atoms with Gasteiger partial charge < -0.3 is 29.0 Å². The number of rotatable bonds is 10. The van der Waals surface area contributed by atoms with E-state index in [9.17, 15) is 9.90 Å². The molecule has 2 saturated heterocycles. The van der Waals surface area contributed by atoms with E-state index in [1.807, 2.05) is 44.7 Å². The van der Waals surface area contributed by atoms with Gasteiger partial charge in [-0.3, -0.25) is 4.79 Å². The molecule has 9 heteroatoms. The number of ether oxygens (including phenoxy) is 4. The maximum Gasteiger partial charge on any atom is 0.242 e.